The van der Waals surface area contributed by atoms with Crippen LogP contribution in [0.3, 0.4) is 0 Å². The molecule has 4 saturated carbocycles. The summed E-state index contributed by atoms with van der Waals surface area (Å²) in [6.45, 7) is 6.67. The van der Waals surface area contributed by atoms with Gasteiger partial charge in [-0.05, 0) is 111 Å². The van der Waals surface area contributed by atoms with E-state index >= 15 is 0 Å². The van der Waals surface area contributed by atoms with Crippen molar-refractivity contribution in [2.45, 2.75) is 97.2 Å². The van der Waals surface area contributed by atoms with Crippen LogP contribution in [0.2, 0.25) is 0 Å². The number of fused-ring (bicyclic) bond motifs is 5. The third-order valence-electron chi connectivity index (χ3n) is 10.5. The molecule has 4 aliphatic carbocycles. The van der Waals surface area contributed by atoms with Gasteiger partial charge >= 0.3 is 59.1 Å². The summed E-state index contributed by atoms with van der Waals surface area (Å²) in [4.78, 5) is 11.0. The molecule has 0 aromatic heterocycles. The molecule has 0 aromatic carbocycles. The summed E-state index contributed by atoms with van der Waals surface area (Å²) < 4.78 is 38.1. The average Bonchev–Trinajstić information content (AvgIpc) is 3.05. The summed E-state index contributed by atoms with van der Waals surface area (Å²) in [6.07, 6.45) is 6.65. The Labute approximate surface area is 249 Å². The van der Waals surface area contributed by atoms with E-state index in [9.17, 15) is 28.0 Å². The molecule has 0 spiro atoms. The smallest absolute Gasteiger partial charge is 0.726 e. The van der Waals surface area contributed by atoms with Crippen LogP contribution in [0.15, 0.2) is 0 Å². The molecular formula is C24H38Na2O7S. The molecule has 4 fully saturated rings. The first-order chi connectivity index (χ1) is 14.9. The SMILES string of the molecule is C[C@H](CCC(=O)[O-])[C@H]1CC[C@H]2C3CC[C@@H]4C[C@H](OS(=O)(=O)[O-])CC[C@]4(C)C3C[C@H](O)[C@]12C.[Na+].[Na+]. The van der Waals surface area contributed by atoms with E-state index in [1.54, 1.807) is 0 Å². The third kappa shape index (κ3) is 5.81. The van der Waals surface area contributed by atoms with E-state index in [1.165, 1.54) is 0 Å². The molecule has 0 heterocycles. The fourth-order valence-electron chi connectivity index (χ4n) is 8.94. The van der Waals surface area contributed by atoms with Crippen LogP contribution in [-0.4, -0.2) is 36.3 Å². The zero-order valence-corrected chi connectivity index (χ0v) is 26.3. The maximum Gasteiger partial charge on any atom is 1.00 e. The summed E-state index contributed by atoms with van der Waals surface area (Å²) in [5.74, 6) is 1.21. The molecule has 0 radical (unpaired) electrons. The van der Waals surface area contributed by atoms with E-state index in [1.807, 2.05) is 0 Å². The molecule has 0 aromatic rings. The second kappa shape index (κ2) is 11.6. The maximum absolute atomic E-state index is 11.5. The Morgan fingerprint density at radius 2 is 1.76 bits per heavy atom. The number of hydrogen-bond acceptors (Lipinski definition) is 7. The van der Waals surface area contributed by atoms with Gasteiger partial charge in [0.25, 0.3) is 0 Å². The van der Waals surface area contributed by atoms with Crippen molar-refractivity contribution in [2.24, 2.45) is 46.3 Å². The molecule has 0 aliphatic heterocycles. The van der Waals surface area contributed by atoms with Gasteiger partial charge in [-0.2, -0.15) is 0 Å². The Balaban J connectivity index is 0.00000204. The summed E-state index contributed by atoms with van der Waals surface area (Å²) in [5, 5.41) is 22.5. The van der Waals surface area contributed by atoms with Crippen molar-refractivity contribution in [3.63, 3.8) is 0 Å². The molecule has 7 nitrogen and oxygen atoms in total. The minimum atomic E-state index is -4.69. The Morgan fingerprint density at radius 1 is 1.09 bits per heavy atom. The van der Waals surface area contributed by atoms with Crippen molar-refractivity contribution < 1.29 is 91.3 Å². The first-order valence-corrected chi connectivity index (χ1v) is 13.7. The van der Waals surface area contributed by atoms with E-state index in [0.717, 1.165) is 38.5 Å². The van der Waals surface area contributed by atoms with E-state index < -0.39 is 28.6 Å². The molecule has 34 heavy (non-hydrogen) atoms. The second-order valence-corrected chi connectivity index (χ2v) is 12.8. The first-order valence-electron chi connectivity index (χ1n) is 12.4. The summed E-state index contributed by atoms with van der Waals surface area (Å²) >= 11 is 0. The van der Waals surface area contributed by atoms with E-state index in [-0.39, 0.29) is 82.3 Å². The zero-order chi connectivity index (χ0) is 23.5. The molecule has 0 saturated heterocycles. The number of carbonyl (C=O) groups excluding carboxylic acids is 1. The quantitative estimate of drug-likeness (QED) is 0.222. The van der Waals surface area contributed by atoms with Crippen molar-refractivity contribution in [3.05, 3.63) is 0 Å². The van der Waals surface area contributed by atoms with Crippen LogP contribution >= 0.6 is 0 Å². The molecular weight excluding hydrogens is 478 g/mol. The molecule has 4 aliphatic rings. The van der Waals surface area contributed by atoms with Crippen LogP contribution < -0.4 is 64.2 Å². The summed E-state index contributed by atoms with van der Waals surface area (Å²) in [5.41, 5.74) is -0.164. The van der Waals surface area contributed by atoms with Crippen molar-refractivity contribution in [1.29, 1.82) is 0 Å². The number of aliphatic hydroxyl groups excluding tert-OH is 1. The van der Waals surface area contributed by atoms with Crippen molar-refractivity contribution in [2.75, 3.05) is 0 Å². The predicted molar refractivity (Wildman–Crippen MR) is 115 cm³/mol. The van der Waals surface area contributed by atoms with Crippen molar-refractivity contribution in [1.82, 2.24) is 0 Å². The van der Waals surface area contributed by atoms with Crippen LogP contribution in [0.5, 0.6) is 0 Å². The largest absolute Gasteiger partial charge is 1.00 e. The maximum atomic E-state index is 11.5. The molecule has 10 atom stereocenters. The summed E-state index contributed by atoms with van der Waals surface area (Å²) in [6, 6.07) is 0. The van der Waals surface area contributed by atoms with Gasteiger partial charge in [0.1, 0.15) is 0 Å². The number of carboxylic acids is 1. The van der Waals surface area contributed by atoms with Gasteiger partial charge in [0.15, 0.2) is 0 Å². The van der Waals surface area contributed by atoms with Crippen LogP contribution in [0, 0.1) is 46.3 Å². The van der Waals surface area contributed by atoms with Crippen LogP contribution in [0.1, 0.15) is 85.0 Å². The Bertz CT molecular complexity index is 839. The zero-order valence-electron chi connectivity index (χ0n) is 21.5. The fraction of sp³-hybridized carbons (Fsp3) is 0.958. The Kier molecular flexibility index (Phi) is 10.7. The molecule has 2 unspecified atom stereocenters. The molecule has 184 valence electrons. The Hall–Kier alpha value is 1.30. The first kappa shape index (κ1) is 31.5. The van der Waals surface area contributed by atoms with Crippen molar-refractivity contribution >= 4 is 16.4 Å². The van der Waals surface area contributed by atoms with Crippen LogP contribution in [-0.2, 0) is 19.4 Å². The van der Waals surface area contributed by atoms with Crippen molar-refractivity contribution in [3.8, 4) is 0 Å². The number of hydrogen-bond donors (Lipinski definition) is 1. The topological polar surface area (TPSA) is 127 Å². The van der Waals surface area contributed by atoms with Gasteiger partial charge in [-0.1, -0.05) is 20.8 Å². The molecule has 0 bridgehead atoms. The number of aliphatic carboxylic acids is 1. The van der Waals surface area contributed by atoms with Gasteiger partial charge in [-0.25, -0.2) is 8.42 Å². The van der Waals surface area contributed by atoms with Gasteiger partial charge < -0.3 is 19.6 Å². The molecule has 4 rings (SSSR count). The normalized spacial score (nSPS) is 44.4. The van der Waals surface area contributed by atoms with E-state index in [2.05, 4.69) is 20.8 Å². The van der Waals surface area contributed by atoms with E-state index in [0.29, 0.717) is 48.9 Å². The van der Waals surface area contributed by atoms with Gasteiger partial charge in [0.2, 0.25) is 10.4 Å². The molecule has 0 amide bonds. The van der Waals surface area contributed by atoms with Gasteiger partial charge in [0.05, 0.1) is 12.2 Å². The number of rotatable bonds is 6. The molecule has 10 heteroatoms. The number of carboxylic acid groups (broad SMARTS) is 1. The minimum Gasteiger partial charge on any atom is -0.726 e. The van der Waals surface area contributed by atoms with E-state index in [4.69, 9.17) is 4.18 Å². The molecule has 1 N–H and O–H groups in total. The second-order valence-electron chi connectivity index (χ2n) is 11.7. The van der Waals surface area contributed by atoms with Crippen LogP contribution in [0.4, 0.5) is 0 Å². The van der Waals surface area contributed by atoms with Gasteiger partial charge in [-0.15, -0.1) is 0 Å². The summed E-state index contributed by atoms with van der Waals surface area (Å²) in [7, 11) is -4.69. The third-order valence-corrected chi connectivity index (χ3v) is 11.0. The van der Waals surface area contributed by atoms with Gasteiger partial charge in [-0.3, -0.25) is 4.18 Å². The number of aliphatic hydroxyl groups is 1. The predicted octanol–water partition coefficient (Wildman–Crippen LogP) is -3.36. The monoisotopic (exact) mass is 516 g/mol. The van der Waals surface area contributed by atoms with Crippen LogP contribution in [0.25, 0.3) is 0 Å². The Morgan fingerprint density at radius 3 is 2.38 bits per heavy atom. The average molecular weight is 517 g/mol. The van der Waals surface area contributed by atoms with Gasteiger partial charge in [0, 0.05) is 5.97 Å². The fourth-order valence-corrected chi connectivity index (χ4v) is 9.45. The number of carbonyl (C=O) groups is 1. The minimum absolute atomic E-state index is 0. The standard InChI is InChI=1S/C24H40O7S.2Na/c1-14(4-9-22(26)27)18-7-8-19-17-6-5-15-12-16(31-32(28,29)30)10-11-23(15,2)20(17)13-21(25)24(18,19)3;;/h14-21,25H,4-13H2,1-3H3,(H,26,27)(H,28,29,30);;/q;2*+1/p-2/t14-,15-,16-,17?,18-,19+,20?,21+,23+,24-;;/m1../s1.